The van der Waals surface area contributed by atoms with E-state index >= 15 is 0 Å². The molecule has 0 bridgehead atoms. The lowest BCUT2D eigenvalue weighted by Gasteiger charge is -2.15. The second-order valence-corrected chi connectivity index (χ2v) is 11.0. The smallest absolute Gasteiger partial charge is 0.161 e. The monoisotopic (exact) mass is 502 g/mol. The Bertz CT molecular complexity index is 1430. The first kappa shape index (κ1) is 23.7. The van der Waals surface area contributed by atoms with Crippen LogP contribution in [0.1, 0.15) is 23.0 Å². The molecule has 33 heavy (non-hydrogen) atoms. The molecule has 0 radical (unpaired) electrons. The lowest BCUT2D eigenvalue weighted by molar-refractivity contribution is 0.119. The SMILES string of the molecule is C=S(C)(=O)NCc1cccc(-c2ccc3c(N)c(C(OC)c4ccc(Cl)cc4Cl)oc3c2)c1. The van der Waals surface area contributed by atoms with Crippen LogP contribution in [0.5, 0.6) is 0 Å². The van der Waals surface area contributed by atoms with Gasteiger partial charge in [0.2, 0.25) is 0 Å². The molecule has 0 saturated carbocycles. The average Bonchev–Trinajstić information content (AvgIpc) is 3.09. The number of methoxy groups -OCH3 is 1. The van der Waals surface area contributed by atoms with Crippen molar-refractivity contribution >= 4 is 55.4 Å². The Labute approximate surface area is 203 Å². The number of benzene rings is 3. The number of halogens is 2. The summed E-state index contributed by atoms with van der Waals surface area (Å²) in [5.41, 5.74) is 11.3. The fourth-order valence-corrected chi connectivity index (χ4v) is 4.68. The fraction of sp³-hybridized carbons (Fsp3) is 0.160. The maximum Gasteiger partial charge on any atom is 0.161 e. The molecule has 1 aromatic heterocycles. The Hall–Kier alpha value is -2.48. The molecular weight excluding hydrogens is 479 g/mol. The normalized spacial score (nSPS) is 14.3. The van der Waals surface area contributed by atoms with E-state index in [4.69, 9.17) is 38.1 Å². The Kier molecular flexibility index (Phi) is 6.75. The minimum absolute atomic E-state index is 0.462. The molecule has 4 aromatic rings. The Morgan fingerprint density at radius 1 is 1.12 bits per heavy atom. The fourth-order valence-electron chi connectivity index (χ4n) is 3.70. The first-order chi connectivity index (χ1) is 15.7. The number of hydrogen-bond acceptors (Lipinski definition) is 4. The minimum Gasteiger partial charge on any atom is -0.456 e. The van der Waals surface area contributed by atoms with Gasteiger partial charge in [-0.15, -0.1) is 0 Å². The summed E-state index contributed by atoms with van der Waals surface area (Å²) in [5, 5.41) is 1.80. The molecule has 0 aliphatic carbocycles. The number of ether oxygens (including phenoxy) is 1. The van der Waals surface area contributed by atoms with Crippen molar-refractivity contribution in [2.45, 2.75) is 12.6 Å². The van der Waals surface area contributed by atoms with Gasteiger partial charge in [0, 0.05) is 50.6 Å². The Morgan fingerprint density at radius 2 is 1.88 bits per heavy atom. The van der Waals surface area contributed by atoms with Crippen molar-refractivity contribution in [1.29, 1.82) is 0 Å². The minimum atomic E-state index is -2.28. The van der Waals surface area contributed by atoms with Crippen LogP contribution in [0.3, 0.4) is 0 Å². The Morgan fingerprint density at radius 3 is 2.58 bits per heavy atom. The van der Waals surface area contributed by atoms with Crippen molar-refractivity contribution in [3.05, 3.63) is 87.6 Å². The molecule has 0 amide bonds. The zero-order chi connectivity index (χ0) is 23.8. The summed E-state index contributed by atoms with van der Waals surface area (Å²) in [7, 11) is -0.700. The van der Waals surface area contributed by atoms with Gasteiger partial charge in [0.1, 0.15) is 11.7 Å². The predicted octanol–water partition coefficient (Wildman–Crippen LogP) is 6.08. The zero-order valence-corrected chi connectivity index (χ0v) is 20.6. The molecule has 172 valence electrons. The highest BCUT2D eigenvalue weighted by molar-refractivity contribution is 7.97. The topological polar surface area (TPSA) is 77.5 Å². The standard InChI is InChI=1S/C25H24Cl2N2O3S/c1-31-24(19-10-8-18(26)13-21(19)27)25-23(28)20-9-7-17(12-22(20)32-25)16-6-4-5-15(11-16)14-29-33(2,3)30/h4-13,24H,2,14,28H2,1,3H3,(H,29,30). The van der Waals surface area contributed by atoms with Gasteiger partial charge in [-0.2, -0.15) is 0 Å². The van der Waals surface area contributed by atoms with Crippen LogP contribution < -0.4 is 10.5 Å². The van der Waals surface area contributed by atoms with Gasteiger partial charge in [0.05, 0.1) is 5.69 Å². The van der Waals surface area contributed by atoms with E-state index in [1.165, 1.54) is 0 Å². The van der Waals surface area contributed by atoms with E-state index in [0.717, 1.165) is 22.1 Å². The average molecular weight is 503 g/mol. The highest BCUT2D eigenvalue weighted by Crippen LogP contribution is 2.40. The summed E-state index contributed by atoms with van der Waals surface area (Å²) >= 11 is 12.4. The molecule has 0 aliphatic heterocycles. The van der Waals surface area contributed by atoms with Gasteiger partial charge in [-0.3, -0.25) is 4.21 Å². The number of hydrogen-bond donors (Lipinski definition) is 2. The highest BCUT2D eigenvalue weighted by atomic mass is 35.5. The van der Waals surface area contributed by atoms with E-state index in [1.54, 1.807) is 31.6 Å². The summed E-state index contributed by atoms with van der Waals surface area (Å²) in [4.78, 5) is 0. The Balaban J connectivity index is 1.71. The molecule has 8 heteroatoms. The number of anilines is 1. The molecule has 4 rings (SSSR count). The van der Waals surface area contributed by atoms with Crippen LogP contribution in [0.4, 0.5) is 5.69 Å². The van der Waals surface area contributed by atoms with E-state index in [-0.39, 0.29) is 0 Å². The molecule has 2 atom stereocenters. The van der Waals surface area contributed by atoms with Crippen LogP contribution in [-0.2, 0) is 21.0 Å². The number of furan rings is 1. The van der Waals surface area contributed by atoms with Gasteiger partial charge in [0.25, 0.3) is 0 Å². The van der Waals surface area contributed by atoms with Crippen molar-refractivity contribution in [1.82, 2.24) is 4.72 Å². The molecule has 3 aromatic carbocycles. The van der Waals surface area contributed by atoms with Gasteiger partial charge in [-0.25, -0.2) is 4.72 Å². The zero-order valence-electron chi connectivity index (χ0n) is 18.2. The van der Waals surface area contributed by atoms with Crippen LogP contribution >= 0.6 is 23.2 Å². The van der Waals surface area contributed by atoms with Gasteiger partial charge in [-0.05, 0) is 52.9 Å². The van der Waals surface area contributed by atoms with E-state index in [2.05, 4.69) is 10.6 Å². The van der Waals surface area contributed by atoms with Gasteiger partial charge >= 0.3 is 0 Å². The third kappa shape index (κ3) is 5.21. The summed E-state index contributed by atoms with van der Waals surface area (Å²) in [5.74, 6) is 4.12. The lowest BCUT2D eigenvalue weighted by atomic mass is 10.0. The van der Waals surface area contributed by atoms with Crippen molar-refractivity contribution in [3.8, 4) is 11.1 Å². The van der Waals surface area contributed by atoms with Crippen molar-refractivity contribution in [3.63, 3.8) is 0 Å². The molecular formula is C25H24Cl2N2O3S. The van der Waals surface area contributed by atoms with Crippen LogP contribution in [-0.4, -0.2) is 23.4 Å². The first-order valence-corrected chi connectivity index (χ1v) is 13.0. The summed E-state index contributed by atoms with van der Waals surface area (Å²) < 4.78 is 26.7. The molecule has 0 saturated heterocycles. The second-order valence-electron chi connectivity index (χ2n) is 7.90. The molecule has 1 heterocycles. The summed E-state index contributed by atoms with van der Waals surface area (Å²) in [6.07, 6.45) is 1.00. The number of fused-ring (bicyclic) bond motifs is 1. The molecule has 3 N–H and O–H groups in total. The maximum absolute atomic E-state index is 11.8. The number of rotatable bonds is 7. The number of nitrogens with two attached hydrogens (primary N) is 1. The van der Waals surface area contributed by atoms with Gasteiger partial charge < -0.3 is 14.9 Å². The van der Waals surface area contributed by atoms with E-state index in [9.17, 15) is 4.21 Å². The van der Waals surface area contributed by atoms with Crippen molar-refractivity contribution < 1.29 is 13.4 Å². The molecule has 5 nitrogen and oxygen atoms in total. The number of nitrogen functional groups attached to an aromatic ring is 1. The largest absolute Gasteiger partial charge is 0.456 e. The van der Waals surface area contributed by atoms with E-state index in [1.807, 2.05) is 42.5 Å². The van der Waals surface area contributed by atoms with Crippen molar-refractivity contribution in [2.75, 3.05) is 19.1 Å². The van der Waals surface area contributed by atoms with Crippen LogP contribution in [0.25, 0.3) is 22.1 Å². The molecule has 2 unspecified atom stereocenters. The molecule has 0 fully saturated rings. The van der Waals surface area contributed by atoms with Crippen LogP contribution in [0.2, 0.25) is 10.0 Å². The number of nitrogens with one attached hydrogen (secondary N) is 1. The summed E-state index contributed by atoms with van der Waals surface area (Å²) in [6.45, 7) is 0.462. The highest BCUT2D eigenvalue weighted by Gasteiger charge is 2.25. The van der Waals surface area contributed by atoms with Gasteiger partial charge in [0.15, 0.2) is 5.76 Å². The van der Waals surface area contributed by atoms with Crippen molar-refractivity contribution in [2.24, 2.45) is 0 Å². The quantitative estimate of drug-likeness (QED) is 0.300. The third-order valence-corrected chi connectivity index (χ3v) is 6.64. The van der Waals surface area contributed by atoms with E-state index in [0.29, 0.717) is 39.2 Å². The van der Waals surface area contributed by atoms with E-state index < -0.39 is 15.8 Å². The second kappa shape index (κ2) is 9.41. The van der Waals surface area contributed by atoms with Gasteiger partial charge in [-0.1, -0.05) is 53.5 Å². The van der Waals surface area contributed by atoms with Crippen LogP contribution in [0, 0.1) is 0 Å². The lowest BCUT2D eigenvalue weighted by Crippen LogP contribution is -2.20. The summed E-state index contributed by atoms with van der Waals surface area (Å²) in [6, 6.07) is 19.1. The molecule has 0 aliphatic rings. The molecule has 0 spiro atoms. The predicted molar refractivity (Wildman–Crippen MR) is 139 cm³/mol. The van der Waals surface area contributed by atoms with Crippen LogP contribution in [0.15, 0.2) is 65.1 Å². The third-order valence-electron chi connectivity index (χ3n) is 5.32. The first-order valence-electron chi connectivity index (χ1n) is 10.1. The maximum atomic E-state index is 11.8.